The second-order valence-corrected chi connectivity index (χ2v) is 5.74. The Morgan fingerprint density at radius 2 is 2.37 bits per heavy atom. The van der Waals surface area contributed by atoms with E-state index in [1.807, 2.05) is 25.1 Å². The summed E-state index contributed by atoms with van der Waals surface area (Å²) in [6, 6.07) is 5.89. The van der Waals surface area contributed by atoms with Crippen molar-refractivity contribution in [2.75, 3.05) is 13.1 Å². The van der Waals surface area contributed by atoms with E-state index >= 15 is 0 Å². The molecule has 0 saturated carbocycles. The van der Waals surface area contributed by atoms with Gasteiger partial charge in [0.25, 0.3) is 0 Å². The van der Waals surface area contributed by atoms with Gasteiger partial charge in [-0.3, -0.25) is 0 Å². The monoisotopic (exact) mass is 326 g/mol. The highest BCUT2D eigenvalue weighted by molar-refractivity contribution is 9.10. The first-order valence-electron chi connectivity index (χ1n) is 6.52. The van der Waals surface area contributed by atoms with Crippen molar-refractivity contribution in [1.29, 1.82) is 0 Å². The molecule has 2 rings (SSSR count). The maximum Gasteiger partial charge on any atom is 0.317 e. The zero-order valence-electron chi connectivity index (χ0n) is 11.0. The highest BCUT2D eigenvalue weighted by Crippen LogP contribution is 2.20. The number of hydrogen-bond acceptors (Lipinski definition) is 2. The summed E-state index contributed by atoms with van der Waals surface area (Å²) in [6.45, 7) is 3.67. The van der Waals surface area contributed by atoms with E-state index in [-0.39, 0.29) is 12.1 Å². The third-order valence-electron chi connectivity index (χ3n) is 3.39. The fraction of sp³-hybridized carbons (Fsp3) is 0.500. The summed E-state index contributed by atoms with van der Waals surface area (Å²) in [4.78, 5) is 13.7. The predicted molar refractivity (Wildman–Crippen MR) is 77.9 cm³/mol. The first-order valence-corrected chi connectivity index (χ1v) is 7.32. The molecule has 19 heavy (non-hydrogen) atoms. The molecule has 0 bridgehead atoms. The van der Waals surface area contributed by atoms with E-state index in [1.165, 1.54) is 0 Å². The van der Waals surface area contributed by atoms with E-state index in [4.69, 9.17) is 0 Å². The number of benzene rings is 1. The summed E-state index contributed by atoms with van der Waals surface area (Å²) in [7, 11) is 0. The molecule has 0 aliphatic carbocycles. The van der Waals surface area contributed by atoms with E-state index in [2.05, 4.69) is 21.2 Å². The number of carbonyl (C=O) groups excluding carboxylic acids is 1. The second kappa shape index (κ2) is 6.39. The topological polar surface area (TPSA) is 52.6 Å². The van der Waals surface area contributed by atoms with Gasteiger partial charge in [0.2, 0.25) is 0 Å². The van der Waals surface area contributed by atoms with Crippen molar-refractivity contribution in [2.24, 2.45) is 0 Å². The lowest BCUT2D eigenvalue weighted by molar-refractivity contribution is 0.0841. The summed E-state index contributed by atoms with van der Waals surface area (Å²) in [5.41, 5.74) is 2.21. The van der Waals surface area contributed by atoms with Crippen LogP contribution in [0, 0.1) is 6.92 Å². The minimum Gasteiger partial charge on any atom is -0.391 e. The van der Waals surface area contributed by atoms with Crippen molar-refractivity contribution < 1.29 is 9.90 Å². The molecule has 4 nitrogen and oxygen atoms in total. The number of nitrogens with zero attached hydrogens (tertiary/aromatic N) is 1. The Bertz CT molecular complexity index is 465. The Morgan fingerprint density at radius 3 is 3.11 bits per heavy atom. The van der Waals surface area contributed by atoms with Crippen LogP contribution in [-0.4, -0.2) is 35.2 Å². The number of aliphatic hydroxyl groups excluding tert-OH is 1. The Hall–Kier alpha value is -1.07. The molecule has 1 atom stereocenters. The first-order chi connectivity index (χ1) is 9.08. The second-order valence-electron chi connectivity index (χ2n) is 4.95. The maximum absolute atomic E-state index is 12.0. The molecule has 0 aromatic heterocycles. The summed E-state index contributed by atoms with van der Waals surface area (Å²) >= 11 is 3.53. The minimum absolute atomic E-state index is 0.104. The van der Waals surface area contributed by atoms with Crippen LogP contribution in [0.1, 0.15) is 24.0 Å². The number of halogens is 1. The largest absolute Gasteiger partial charge is 0.391 e. The van der Waals surface area contributed by atoms with E-state index in [1.54, 1.807) is 4.90 Å². The number of hydrogen-bond donors (Lipinski definition) is 2. The number of rotatable bonds is 2. The highest BCUT2D eigenvalue weighted by atomic mass is 79.9. The molecule has 5 heteroatoms. The third-order valence-corrected chi connectivity index (χ3v) is 4.52. The van der Waals surface area contributed by atoms with Crippen LogP contribution in [0.4, 0.5) is 4.79 Å². The Morgan fingerprint density at radius 1 is 1.58 bits per heavy atom. The summed E-state index contributed by atoms with van der Waals surface area (Å²) in [5.74, 6) is 0. The molecule has 0 spiro atoms. The number of carbonyl (C=O) groups is 1. The van der Waals surface area contributed by atoms with Gasteiger partial charge >= 0.3 is 6.03 Å². The van der Waals surface area contributed by atoms with Crippen LogP contribution in [0.2, 0.25) is 0 Å². The lowest BCUT2D eigenvalue weighted by Gasteiger charge is -2.30. The zero-order valence-corrected chi connectivity index (χ0v) is 12.6. The molecule has 1 aromatic carbocycles. The van der Waals surface area contributed by atoms with Gasteiger partial charge in [0.1, 0.15) is 0 Å². The molecule has 0 unspecified atom stereocenters. The standard InChI is InChI=1S/C14H19BrN2O2/c1-10-4-2-5-11(13(10)15)8-16-14(19)17-7-3-6-12(18)9-17/h2,4-5,12,18H,3,6-9H2,1H3,(H,16,19)/t12-/m1/s1. The van der Waals surface area contributed by atoms with Gasteiger partial charge in [-0.2, -0.15) is 0 Å². The van der Waals surface area contributed by atoms with Crippen molar-refractivity contribution in [2.45, 2.75) is 32.4 Å². The highest BCUT2D eigenvalue weighted by Gasteiger charge is 2.21. The maximum atomic E-state index is 12.0. The Balaban J connectivity index is 1.91. The predicted octanol–water partition coefficient (Wildman–Crippen LogP) is 2.42. The van der Waals surface area contributed by atoms with Gasteiger partial charge in [0.05, 0.1) is 6.10 Å². The van der Waals surface area contributed by atoms with Crippen LogP contribution >= 0.6 is 15.9 Å². The molecule has 104 valence electrons. The SMILES string of the molecule is Cc1cccc(CNC(=O)N2CCC[C@@H](O)C2)c1Br. The van der Waals surface area contributed by atoms with E-state index < -0.39 is 0 Å². The van der Waals surface area contributed by atoms with Gasteiger partial charge in [0.15, 0.2) is 0 Å². The summed E-state index contributed by atoms with van der Waals surface area (Å²) in [6.07, 6.45) is 1.26. The number of piperidine rings is 1. The van der Waals surface area contributed by atoms with Gasteiger partial charge < -0.3 is 15.3 Å². The lowest BCUT2D eigenvalue weighted by Crippen LogP contribution is -2.46. The van der Waals surface area contributed by atoms with Gasteiger partial charge in [-0.15, -0.1) is 0 Å². The molecule has 1 aliphatic heterocycles. The smallest absolute Gasteiger partial charge is 0.317 e. The van der Waals surface area contributed by atoms with Gasteiger partial charge in [-0.25, -0.2) is 4.79 Å². The van der Waals surface area contributed by atoms with Crippen LogP contribution < -0.4 is 5.32 Å². The van der Waals surface area contributed by atoms with Crippen LogP contribution in [0.3, 0.4) is 0 Å². The number of nitrogens with one attached hydrogen (secondary N) is 1. The molecular formula is C14H19BrN2O2. The minimum atomic E-state index is -0.384. The molecule has 1 heterocycles. The van der Waals surface area contributed by atoms with Crippen molar-refractivity contribution in [1.82, 2.24) is 10.2 Å². The molecule has 1 aliphatic rings. The number of likely N-dealkylation sites (tertiary alicyclic amines) is 1. The van der Waals surface area contributed by atoms with Crippen LogP contribution in [-0.2, 0) is 6.54 Å². The molecule has 1 fully saturated rings. The van der Waals surface area contributed by atoms with E-state index in [9.17, 15) is 9.90 Å². The first kappa shape index (κ1) is 14.3. The molecule has 1 saturated heterocycles. The van der Waals surface area contributed by atoms with Gasteiger partial charge in [0, 0.05) is 24.1 Å². The normalized spacial score (nSPS) is 19.3. The molecular weight excluding hydrogens is 308 g/mol. The fourth-order valence-electron chi connectivity index (χ4n) is 2.27. The number of amides is 2. The van der Waals surface area contributed by atoms with Crippen molar-refractivity contribution >= 4 is 22.0 Å². The van der Waals surface area contributed by atoms with Crippen LogP contribution in [0.25, 0.3) is 0 Å². The molecule has 1 aromatic rings. The lowest BCUT2D eigenvalue weighted by atomic mass is 10.1. The average Bonchev–Trinajstić information content (AvgIpc) is 2.40. The molecule has 2 N–H and O–H groups in total. The van der Waals surface area contributed by atoms with Crippen molar-refractivity contribution in [3.63, 3.8) is 0 Å². The van der Waals surface area contributed by atoms with Gasteiger partial charge in [-0.1, -0.05) is 34.1 Å². The summed E-state index contributed by atoms with van der Waals surface area (Å²) in [5, 5.41) is 12.5. The summed E-state index contributed by atoms with van der Waals surface area (Å²) < 4.78 is 1.04. The third kappa shape index (κ3) is 3.70. The van der Waals surface area contributed by atoms with Crippen molar-refractivity contribution in [3.05, 3.63) is 33.8 Å². The Kier molecular flexibility index (Phi) is 4.82. The average molecular weight is 327 g/mol. The van der Waals surface area contributed by atoms with Crippen molar-refractivity contribution in [3.8, 4) is 0 Å². The number of aliphatic hydroxyl groups is 1. The number of β-amino-alcohol motifs (C(OH)–C–C–N with tert-alkyl or cyclic N) is 1. The van der Waals surface area contributed by atoms with Crippen LogP contribution in [0.5, 0.6) is 0 Å². The molecule has 0 radical (unpaired) electrons. The zero-order chi connectivity index (χ0) is 13.8. The molecule has 2 amide bonds. The van der Waals surface area contributed by atoms with E-state index in [0.717, 1.165) is 35.0 Å². The fourth-order valence-corrected chi connectivity index (χ4v) is 2.67. The van der Waals surface area contributed by atoms with Gasteiger partial charge in [-0.05, 0) is 30.9 Å². The number of urea groups is 1. The van der Waals surface area contributed by atoms with E-state index in [0.29, 0.717) is 13.1 Å². The Labute approximate surface area is 121 Å². The van der Waals surface area contributed by atoms with Crippen LogP contribution in [0.15, 0.2) is 22.7 Å². The quantitative estimate of drug-likeness (QED) is 0.877. The number of aryl methyl sites for hydroxylation is 1.